The fraction of sp³-hybridized carbons (Fsp3) is 0.812. The van der Waals surface area contributed by atoms with Crippen LogP contribution in [0.5, 0.6) is 0 Å². The summed E-state index contributed by atoms with van der Waals surface area (Å²) in [5.41, 5.74) is 0.284. The van der Waals surface area contributed by atoms with Crippen LogP contribution in [-0.2, 0) is 4.74 Å². The van der Waals surface area contributed by atoms with Crippen molar-refractivity contribution in [2.75, 3.05) is 44.3 Å². The third-order valence-corrected chi connectivity index (χ3v) is 6.54. The number of hydrogen-bond donors (Lipinski definition) is 0. The van der Waals surface area contributed by atoms with Crippen molar-refractivity contribution in [2.24, 2.45) is 11.3 Å². The monoisotopic (exact) mass is 336 g/mol. The first kappa shape index (κ1) is 15.3. The Morgan fingerprint density at radius 1 is 1.26 bits per heavy atom. The summed E-state index contributed by atoms with van der Waals surface area (Å²) < 4.78 is 5.48. The maximum Gasteiger partial charge on any atom is 0.284 e. The topological polar surface area (TPSA) is 58.6 Å². The zero-order valence-corrected chi connectivity index (χ0v) is 14.5. The number of ether oxygens (including phenoxy) is 1. The van der Waals surface area contributed by atoms with Gasteiger partial charge in [0.15, 0.2) is 0 Å². The minimum atomic E-state index is 0.0596. The van der Waals surface area contributed by atoms with Crippen LogP contribution in [0.15, 0.2) is 0 Å². The number of likely N-dealkylation sites (tertiary alicyclic amines) is 1. The van der Waals surface area contributed by atoms with Gasteiger partial charge >= 0.3 is 0 Å². The predicted octanol–water partition coefficient (Wildman–Crippen LogP) is 2.03. The minimum absolute atomic E-state index is 0.0596. The lowest BCUT2D eigenvalue weighted by molar-refractivity contribution is 0.0191. The van der Waals surface area contributed by atoms with E-state index in [1.165, 1.54) is 17.8 Å². The molecule has 1 aromatic heterocycles. The molecule has 0 aromatic carbocycles. The maximum atomic E-state index is 12.7. The first-order valence-corrected chi connectivity index (χ1v) is 9.42. The predicted molar refractivity (Wildman–Crippen MR) is 88.9 cm³/mol. The van der Waals surface area contributed by atoms with Crippen LogP contribution in [0.4, 0.5) is 5.13 Å². The van der Waals surface area contributed by atoms with Crippen LogP contribution in [0.3, 0.4) is 0 Å². The van der Waals surface area contributed by atoms with E-state index in [0.29, 0.717) is 10.9 Å². The number of anilines is 1. The number of carbonyl (C=O) groups excluding carboxylic acids is 1. The van der Waals surface area contributed by atoms with Gasteiger partial charge in [0, 0.05) is 39.4 Å². The summed E-state index contributed by atoms with van der Waals surface area (Å²) in [6.45, 7) is 7.66. The molecule has 1 amide bonds. The van der Waals surface area contributed by atoms with Gasteiger partial charge in [-0.3, -0.25) is 4.79 Å². The molecule has 1 spiro atoms. The van der Waals surface area contributed by atoms with Gasteiger partial charge in [-0.25, -0.2) is 0 Å². The molecule has 1 atom stereocenters. The van der Waals surface area contributed by atoms with E-state index in [1.807, 2.05) is 4.90 Å². The Balaban J connectivity index is 1.42. The summed E-state index contributed by atoms with van der Waals surface area (Å²) in [6, 6.07) is 0. The SMILES string of the molecule is C[C@H]1CCN(c2nnc(C(=O)N3CCC4(CCOCC4)C3)s2)C1. The summed E-state index contributed by atoms with van der Waals surface area (Å²) in [6.07, 6.45) is 4.44. The smallest absolute Gasteiger partial charge is 0.284 e. The highest BCUT2D eigenvalue weighted by molar-refractivity contribution is 7.17. The lowest BCUT2D eigenvalue weighted by Gasteiger charge is -2.32. The van der Waals surface area contributed by atoms with Crippen LogP contribution in [-0.4, -0.2) is 60.4 Å². The highest BCUT2D eigenvalue weighted by Crippen LogP contribution is 2.40. The van der Waals surface area contributed by atoms with Crippen molar-refractivity contribution in [3.05, 3.63) is 5.01 Å². The average molecular weight is 336 g/mol. The molecule has 126 valence electrons. The lowest BCUT2D eigenvalue weighted by atomic mass is 9.80. The number of nitrogens with zero attached hydrogens (tertiary/aromatic N) is 4. The van der Waals surface area contributed by atoms with Crippen molar-refractivity contribution in [1.82, 2.24) is 15.1 Å². The average Bonchev–Trinajstić information content (AvgIpc) is 3.27. The van der Waals surface area contributed by atoms with Crippen LogP contribution in [0, 0.1) is 11.3 Å². The molecule has 3 saturated heterocycles. The molecule has 3 fully saturated rings. The van der Waals surface area contributed by atoms with Gasteiger partial charge in [0.1, 0.15) is 0 Å². The lowest BCUT2D eigenvalue weighted by Crippen LogP contribution is -2.35. The molecule has 4 heterocycles. The Bertz CT molecular complexity index is 584. The number of amides is 1. The van der Waals surface area contributed by atoms with E-state index in [-0.39, 0.29) is 11.3 Å². The van der Waals surface area contributed by atoms with E-state index in [9.17, 15) is 4.79 Å². The minimum Gasteiger partial charge on any atom is -0.381 e. The quantitative estimate of drug-likeness (QED) is 0.827. The Morgan fingerprint density at radius 3 is 2.83 bits per heavy atom. The van der Waals surface area contributed by atoms with Gasteiger partial charge in [0.2, 0.25) is 10.1 Å². The molecular formula is C16H24N4O2S. The van der Waals surface area contributed by atoms with Crippen molar-refractivity contribution in [2.45, 2.75) is 32.6 Å². The van der Waals surface area contributed by atoms with Crippen molar-refractivity contribution in [3.63, 3.8) is 0 Å². The van der Waals surface area contributed by atoms with E-state index in [0.717, 1.165) is 63.8 Å². The Kier molecular flexibility index (Phi) is 4.01. The summed E-state index contributed by atoms with van der Waals surface area (Å²) in [5, 5.41) is 9.88. The third kappa shape index (κ3) is 2.96. The van der Waals surface area contributed by atoms with Gasteiger partial charge in [-0.15, -0.1) is 10.2 Å². The van der Waals surface area contributed by atoms with Crippen LogP contribution < -0.4 is 4.90 Å². The highest BCUT2D eigenvalue weighted by atomic mass is 32.1. The van der Waals surface area contributed by atoms with Crippen molar-refractivity contribution < 1.29 is 9.53 Å². The van der Waals surface area contributed by atoms with Crippen LogP contribution in [0.25, 0.3) is 0 Å². The zero-order chi connectivity index (χ0) is 15.9. The standard InChI is InChI=1S/C16H24N4O2S/c1-12-2-6-19(10-12)15-18-17-13(23-15)14(21)20-7-3-16(11-20)4-8-22-9-5-16/h12H,2-11H2,1H3/t12-/m0/s1. The third-order valence-electron chi connectivity index (χ3n) is 5.57. The van der Waals surface area contributed by atoms with Crippen LogP contribution in [0.2, 0.25) is 0 Å². The first-order chi connectivity index (χ1) is 11.2. The largest absolute Gasteiger partial charge is 0.381 e. The number of rotatable bonds is 2. The first-order valence-electron chi connectivity index (χ1n) is 8.61. The molecule has 1 aromatic rings. The number of aromatic nitrogens is 2. The molecule has 3 aliphatic rings. The molecular weight excluding hydrogens is 312 g/mol. The molecule has 0 unspecified atom stereocenters. The number of carbonyl (C=O) groups is 1. The molecule has 3 aliphatic heterocycles. The summed E-state index contributed by atoms with van der Waals surface area (Å²) in [7, 11) is 0. The van der Waals surface area contributed by atoms with E-state index < -0.39 is 0 Å². The van der Waals surface area contributed by atoms with E-state index in [2.05, 4.69) is 22.0 Å². The molecule has 0 aliphatic carbocycles. The van der Waals surface area contributed by atoms with E-state index in [4.69, 9.17) is 4.74 Å². The molecule has 0 bridgehead atoms. The van der Waals surface area contributed by atoms with Gasteiger partial charge < -0.3 is 14.5 Å². The highest BCUT2D eigenvalue weighted by Gasteiger charge is 2.41. The van der Waals surface area contributed by atoms with E-state index >= 15 is 0 Å². The van der Waals surface area contributed by atoms with Gasteiger partial charge in [-0.2, -0.15) is 0 Å². The summed E-state index contributed by atoms with van der Waals surface area (Å²) in [4.78, 5) is 17.0. The van der Waals surface area contributed by atoms with Crippen LogP contribution in [0.1, 0.15) is 42.4 Å². The molecule has 7 heteroatoms. The summed E-state index contributed by atoms with van der Waals surface area (Å²) >= 11 is 1.45. The van der Waals surface area contributed by atoms with Gasteiger partial charge in [-0.05, 0) is 37.0 Å². The van der Waals surface area contributed by atoms with Crippen LogP contribution >= 0.6 is 11.3 Å². The Hall–Kier alpha value is -1.21. The second-order valence-corrected chi connectivity index (χ2v) is 8.27. The van der Waals surface area contributed by atoms with E-state index in [1.54, 1.807) is 0 Å². The zero-order valence-electron chi connectivity index (χ0n) is 13.7. The normalized spacial score (nSPS) is 27.1. The molecule has 23 heavy (non-hydrogen) atoms. The second kappa shape index (κ2) is 6.02. The van der Waals surface area contributed by atoms with Crippen molar-refractivity contribution >= 4 is 22.4 Å². The Labute approximate surface area is 140 Å². The molecule has 0 N–H and O–H groups in total. The van der Waals surface area contributed by atoms with Gasteiger partial charge in [0.05, 0.1) is 0 Å². The van der Waals surface area contributed by atoms with Gasteiger partial charge in [-0.1, -0.05) is 18.3 Å². The molecule has 0 radical (unpaired) electrons. The van der Waals surface area contributed by atoms with Crippen molar-refractivity contribution in [1.29, 1.82) is 0 Å². The second-order valence-electron chi connectivity index (χ2n) is 7.32. The fourth-order valence-electron chi connectivity index (χ4n) is 3.99. The van der Waals surface area contributed by atoms with Crippen molar-refractivity contribution in [3.8, 4) is 0 Å². The fourth-order valence-corrected chi connectivity index (χ4v) is 4.84. The molecule has 0 saturated carbocycles. The molecule has 6 nitrogen and oxygen atoms in total. The molecule has 4 rings (SSSR count). The maximum absolute atomic E-state index is 12.7. The Morgan fingerprint density at radius 2 is 2.09 bits per heavy atom. The number of hydrogen-bond acceptors (Lipinski definition) is 6. The summed E-state index contributed by atoms with van der Waals surface area (Å²) in [5.74, 6) is 0.759. The van der Waals surface area contributed by atoms with Gasteiger partial charge in [0.25, 0.3) is 5.91 Å².